The van der Waals surface area contributed by atoms with Gasteiger partial charge in [0.05, 0.1) is 6.10 Å². The minimum absolute atomic E-state index is 0.407. The van der Waals surface area contributed by atoms with Gasteiger partial charge in [0.2, 0.25) is 0 Å². The number of aryl methyl sites for hydroxylation is 1. The van der Waals surface area contributed by atoms with E-state index in [2.05, 4.69) is 20.1 Å². The predicted molar refractivity (Wildman–Crippen MR) is 51.7 cm³/mol. The molecule has 0 fully saturated rings. The Kier molecular flexibility index (Phi) is 2.68. The van der Waals surface area contributed by atoms with E-state index in [9.17, 15) is 5.11 Å². The summed E-state index contributed by atoms with van der Waals surface area (Å²) in [5.41, 5.74) is 0.681. The standard InChI is InChI=1S/C9H11N5O/c1-14-9(12-6-13-14)2-8(15)7-3-10-5-11-4-7/h3-6,8,15H,2H2,1H3. The second kappa shape index (κ2) is 4.14. The summed E-state index contributed by atoms with van der Waals surface area (Å²) in [6.07, 6.45) is 5.84. The van der Waals surface area contributed by atoms with Crippen molar-refractivity contribution in [1.29, 1.82) is 0 Å². The smallest absolute Gasteiger partial charge is 0.138 e. The van der Waals surface area contributed by atoms with E-state index in [1.807, 2.05) is 0 Å². The first-order valence-electron chi connectivity index (χ1n) is 4.53. The van der Waals surface area contributed by atoms with Crippen molar-refractivity contribution in [3.8, 4) is 0 Å². The molecule has 0 radical (unpaired) electrons. The van der Waals surface area contributed by atoms with E-state index in [0.717, 1.165) is 5.82 Å². The fraction of sp³-hybridized carbons (Fsp3) is 0.333. The van der Waals surface area contributed by atoms with Crippen molar-refractivity contribution in [2.24, 2.45) is 7.05 Å². The van der Waals surface area contributed by atoms with Crippen molar-refractivity contribution in [2.45, 2.75) is 12.5 Å². The van der Waals surface area contributed by atoms with Crippen LogP contribution in [-0.4, -0.2) is 29.8 Å². The van der Waals surface area contributed by atoms with E-state index in [-0.39, 0.29) is 0 Å². The molecular weight excluding hydrogens is 194 g/mol. The zero-order valence-corrected chi connectivity index (χ0v) is 8.28. The molecule has 0 aromatic carbocycles. The molecule has 1 N–H and O–H groups in total. The van der Waals surface area contributed by atoms with E-state index in [4.69, 9.17) is 0 Å². The second-order valence-electron chi connectivity index (χ2n) is 3.19. The molecule has 0 spiro atoms. The first-order chi connectivity index (χ1) is 7.27. The summed E-state index contributed by atoms with van der Waals surface area (Å²) >= 11 is 0. The molecule has 2 aromatic rings. The average Bonchev–Trinajstić information content (AvgIpc) is 2.66. The molecule has 2 heterocycles. The Labute approximate surface area is 86.6 Å². The first kappa shape index (κ1) is 9.72. The predicted octanol–water partition coefficient (Wildman–Crippen LogP) is -0.119. The molecule has 0 amide bonds. The third-order valence-electron chi connectivity index (χ3n) is 2.15. The highest BCUT2D eigenvalue weighted by Gasteiger charge is 2.12. The second-order valence-corrected chi connectivity index (χ2v) is 3.19. The van der Waals surface area contributed by atoms with E-state index in [0.29, 0.717) is 12.0 Å². The molecule has 78 valence electrons. The maximum absolute atomic E-state index is 9.86. The van der Waals surface area contributed by atoms with Crippen LogP contribution in [0.25, 0.3) is 0 Å². The van der Waals surface area contributed by atoms with Gasteiger partial charge in [0.25, 0.3) is 0 Å². The van der Waals surface area contributed by atoms with Crippen LogP contribution in [0.15, 0.2) is 25.0 Å². The molecular formula is C9H11N5O. The largest absolute Gasteiger partial charge is 0.388 e. The van der Waals surface area contributed by atoms with Crippen LogP contribution in [0, 0.1) is 0 Å². The molecule has 0 aliphatic carbocycles. The number of rotatable bonds is 3. The van der Waals surface area contributed by atoms with Crippen molar-refractivity contribution in [2.75, 3.05) is 0 Å². The molecule has 1 unspecified atom stereocenters. The summed E-state index contributed by atoms with van der Waals surface area (Å²) in [6, 6.07) is 0. The summed E-state index contributed by atoms with van der Waals surface area (Å²) in [5.74, 6) is 0.728. The van der Waals surface area contributed by atoms with Gasteiger partial charge in [0, 0.05) is 31.4 Å². The van der Waals surface area contributed by atoms with Crippen LogP contribution in [0.5, 0.6) is 0 Å². The van der Waals surface area contributed by atoms with Crippen LogP contribution in [0.4, 0.5) is 0 Å². The Morgan fingerprint density at radius 3 is 2.67 bits per heavy atom. The monoisotopic (exact) mass is 205 g/mol. The zero-order valence-electron chi connectivity index (χ0n) is 8.28. The minimum atomic E-state index is -0.644. The highest BCUT2D eigenvalue weighted by Crippen LogP contribution is 2.14. The molecule has 0 aliphatic heterocycles. The Bertz CT molecular complexity index is 427. The number of aromatic nitrogens is 5. The highest BCUT2D eigenvalue weighted by atomic mass is 16.3. The lowest BCUT2D eigenvalue weighted by Gasteiger charge is -2.08. The third-order valence-corrected chi connectivity index (χ3v) is 2.15. The first-order valence-corrected chi connectivity index (χ1v) is 4.53. The van der Waals surface area contributed by atoms with Crippen molar-refractivity contribution < 1.29 is 5.11 Å². The maximum Gasteiger partial charge on any atom is 0.138 e. The molecule has 0 bridgehead atoms. The third kappa shape index (κ3) is 2.16. The van der Waals surface area contributed by atoms with Crippen LogP contribution in [0.2, 0.25) is 0 Å². The van der Waals surface area contributed by atoms with Crippen LogP contribution < -0.4 is 0 Å². The van der Waals surface area contributed by atoms with Crippen LogP contribution in [-0.2, 0) is 13.5 Å². The van der Waals surface area contributed by atoms with E-state index in [1.165, 1.54) is 12.7 Å². The van der Waals surface area contributed by atoms with Gasteiger partial charge in [0.1, 0.15) is 18.5 Å². The lowest BCUT2D eigenvalue weighted by molar-refractivity contribution is 0.173. The van der Waals surface area contributed by atoms with Gasteiger partial charge in [-0.15, -0.1) is 0 Å². The molecule has 0 saturated heterocycles. The van der Waals surface area contributed by atoms with Gasteiger partial charge in [-0.25, -0.2) is 15.0 Å². The molecule has 2 rings (SSSR count). The fourth-order valence-electron chi connectivity index (χ4n) is 1.28. The molecule has 6 nitrogen and oxygen atoms in total. The molecule has 1 atom stereocenters. The highest BCUT2D eigenvalue weighted by molar-refractivity contribution is 5.08. The van der Waals surface area contributed by atoms with Gasteiger partial charge in [-0.05, 0) is 0 Å². The number of aliphatic hydroxyl groups excluding tert-OH is 1. The minimum Gasteiger partial charge on any atom is -0.388 e. The molecule has 15 heavy (non-hydrogen) atoms. The van der Waals surface area contributed by atoms with Crippen LogP contribution in [0.3, 0.4) is 0 Å². The van der Waals surface area contributed by atoms with E-state index >= 15 is 0 Å². The summed E-state index contributed by atoms with van der Waals surface area (Å²) in [4.78, 5) is 11.7. The number of nitrogens with zero attached hydrogens (tertiary/aromatic N) is 5. The molecule has 6 heteroatoms. The van der Waals surface area contributed by atoms with E-state index < -0.39 is 6.10 Å². The van der Waals surface area contributed by atoms with Crippen LogP contribution >= 0.6 is 0 Å². The SMILES string of the molecule is Cn1ncnc1CC(O)c1cncnc1. The van der Waals surface area contributed by atoms with Crippen molar-refractivity contribution >= 4 is 0 Å². The molecule has 0 aliphatic rings. The Hall–Kier alpha value is -1.82. The summed E-state index contributed by atoms with van der Waals surface area (Å²) in [5, 5.41) is 13.8. The maximum atomic E-state index is 9.86. The average molecular weight is 205 g/mol. The summed E-state index contributed by atoms with van der Waals surface area (Å²) in [6.45, 7) is 0. The van der Waals surface area contributed by atoms with Gasteiger partial charge >= 0.3 is 0 Å². The van der Waals surface area contributed by atoms with Crippen molar-refractivity contribution in [1.82, 2.24) is 24.7 Å². The van der Waals surface area contributed by atoms with Gasteiger partial charge in [-0.2, -0.15) is 5.10 Å². The van der Waals surface area contributed by atoms with Gasteiger partial charge in [0.15, 0.2) is 0 Å². The zero-order chi connectivity index (χ0) is 10.7. The number of hydrogen-bond acceptors (Lipinski definition) is 5. The van der Waals surface area contributed by atoms with Gasteiger partial charge in [-0.1, -0.05) is 0 Å². The number of hydrogen-bond donors (Lipinski definition) is 1. The lowest BCUT2D eigenvalue weighted by Crippen LogP contribution is -2.08. The van der Waals surface area contributed by atoms with Crippen LogP contribution in [0.1, 0.15) is 17.5 Å². The molecule has 2 aromatic heterocycles. The van der Waals surface area contributed by atoms with Crippen molar-refractivity contribution in [3.05, 3.63) is 36.4 Å². The quantitative estimate of drug-likeness (QED) is 0.756. The Morgan fingerprint density at radius 1 is 1.33 bits per heavy atom. The van der Waals surface area contributed by atoms with Crippen molar-refractivity contribution in [3.63, 3.8) is 0 Å². The lowest BCUT2D eigenvalue weighted by atomic mass is 10.1. The Balaban J connectivity index is 2.11. The van der Waals surface area contributed by atoms with Gasteiger partial charge in [-0.3, -0.25) is 4.68 Å². The Morgan fingerprint density at radius 2 is 2.07 bits per heavy atom. The number of aliphatic hydroxyl groups is 1. The summed E-state index contributed by atoms with van der Waals surface area (Å²) < 4.78 is 1.63. The van der Waals surface area contributed by atoms with Gasteiger partial charge < -0.3 is 5.11 Å². The van der Waals surface area contributed by atoms with E-state index in [1.54, 1.807) is 24.1 Å². The molecule has 0 saturated carbocycles. The fourth-order valence-corrected chi connectivity index (χ4v) is 1.28. The summed E-state index contributed by atoms with van der Waals surface area (Å²) in [7, 11) is 1.79. The normalized spacial score (nSPS) is 12.7. The topological polar surface area (TPSA) is 76.7 Å².